The molecule has 0 saturated carbocycles. The summed E-state index contributed by atoms with van der Waals surface area (Å²) in [4.78, 5) is 34.5. The normalized spacial score (nSPS) is 10.0. The molecule has 2 rings (SSSR count). The minimum Gasteiger partial charge on any atom is -0.383 e. The van der Waals surface area contributed by atoms with Gasteiger partial charge in [-0.25, -0.2) is 0 Å². The number of carbonyl (C=O) groups excluding carboxylic acids is 2. The van der Waals surface area contributed by atoms with Gasteiger partial charge in [0.25, 0.3) is 17.5 Å². The van der Waals surface area contributed by atoms with E-state index in [1.807, 2.05) is 32.0 Å². The van der Waals surface area contributed by atoms with Crippen molar-refractivity contribution in [2.45, 2.75) is 13.8 Å². The van der Waals surface area contributed by atoms with E-state index in [-0.39, 0.29) is 17.8 Å². The number of nitro benzene ring substituents is 1. The first kappa shape index (κ1) is 19.7. The Kier molecular flexibility index (Phi) is 6.32. The molecule has 0 spiro atoms. The van der Waals surface area contributed by atoms with E-state index in [0.29, 0.717) is 5.69 Å². The van der Waals surface area contributed by atoms with Crippen LogP contribution in [0.15, 0.2) is 36.4 Å². The Morgan fingerprint density at radius 3 is 2.37 bits per heavy atom. The van der Waals surface area contributed by atoms with Crippen LogP contribution in [0.5, 0.6) is 0 Å². The number of anilines is 2. The van der Waals surface area contributed by atoms with Gasteiger partial charge in [0.05, 0.1) is 11.5 Å². The van der Waals surface area contributed by atoms with Crippen molar-refractivity contribution in [2.24, 2.45) is 0 Å². The number of carbonyl (C=O) groups is 2. The first-order chi connectivity index (χ1) is 12.8. The summed E-state index contributed by atoms with van der Waals surface area (Å²) in [7, 11) is 1.55. The summed E-state index contributed by atoms with van der Waals surface area (Å²) in [5, 5.41) is 16.7. The van der Waals surface area contributed by atoms with Crippen molar-refractivity contribution in [3.63, 3.8) is 0 Å². The smallest absolute Gasteiger partial charge is 0.293 e. The molecule has 0 unspecified atom stereocenters. The molecule has 0 aromatic heterocycles. The van der Waals surface area contributed by atoms with Crippen molar-refractivity contribution >= 4 is 28.9 Å². The molecule has 0 aliphatic rings. The molecule has 9 heteroatoms. The zero-order chi connectivity index (χ0) is 20.0. The number of nitrogens with zero attached hydrogens (tertiary/aromatic N) is 1. The second-order valence-corrected chi connectivity index (χ2v) is 5.91. The van der Waals surface area contributed by atoms with Crippen molar-refractivity contribution < 1.29 is 14.5 Å². The van der Waals surface area contributed by atoms with E-state index in [2.05, 4.69) is 21.5 Å². The number of aryl methyl sites for hydroxylation is 2. The van der Waals surface area contributed by atoms with E-state index in [1.165, 1.54) is 12.1 Å². The second-order valence-electron chi connectivity index (χ2n) is 5.91. The van der Waals surface area contributed by atoms with Gasteiger partial charge in [0.15, 0.2) is 0 Å². The zero-order valence-electron chi connectivity index (χ0n) is 15.3. The largest absolute Gasteiger partial charge is 0.383 e. The Bertz CT molecular complexity index is 882. The van der Waals surface area contributed by atoms with Crippen LogP contribution in [0.4, 0.5) is 17.1 Å². The molecule has 0 heterocycles. The quantitative estimate of drug-likeness (QED) is 0.455. The van der Waals surface area contributed by atoms with Gasteiger partial charge in [-0.3, -0.25) is 30.6 Å². The zero-order valence-corrected chi connectivity index (χ0v) is 15.3. The third-order valence-electron chi connectivity index (χ3n) is 3.86. The molecule has 2 amide bonds. The van der Waals surface area contributed by atoms with Gasteiger partial charge in [-0.15, -0.1) is 0 Å². The maximum Gasteiger partial charge on any atom is 0.293 e. The van der Waals surface area contributed by atoms with Crippen LogP contribution in [0, 0.1) is 24.0 Å². The molecule has 0 atom stereocenters. The number of hydrogen-bond donors (Lipinski definition) is 4. The Morgan fingerprint density at radius 2 is 1.74 bits per heavy atom. The highest BCUT2D eigenvalue weighted by Crippen LogP contribution is 2.24. The average Bonchev–Trinajstić information content (AvgIpc) is 2.64. The summed E-state index contributed by atoms with van der Waals surface area (Å²) < 4.78 is 0. The van der Waals surface area contributed by atoms with Gasteiger partial charge < -0.3 is 10.6 Å². The van der Waals surface area contributed by atoms with Crippen molar-refractivity contribution in [1.29, 1.82) is 0 Å². The fraction of sp³-hybridized carbons (Fsp3) is 0.222. The van der Waals surface area contributed by atoms with Crippen LogP contribution >= 0.6 is 0 Å². The first-order valence-electron chi connectivity index (χ1n) is 8.18. The van der Waals surface area contributed by atoms with Crippen LogP contribution in [0.3, 0.4) is 0 Å². The lowest BCUT2D eigenvalue weighted by Crippen LogP contribution is -2.44. The molecular formula is C18H21N5O4. The Hall–Kier alpha value is -3.62. The van der Waals surface area contributed by atoms with Crippen LogP contribution in [0.1, 0.15) is 21.5 Å². The van der Waals surface area contributed by atoms with E-state index in [9.17, 15) is 19.7 Å². The Labute approximate surface area is 156 Å². The number of amides is 2. The summed E-state index contributed by atoms with van der Waals surface area (Å²) in [5.41, 5.74) is 7.58. The lowest BCUT2D eigenvalue weighted by molar-refractivity contribution is -0.384. The van der Waals surface area contributed by atoms with Gasteiger partial charge >= 0.3 is 0 Å². The number of rotatable bonds is 6. The third-order valence-corrected chi connectivity index (χ3v) is 3.86. The molecule has 0 bridgehead atoms. The van der Waals surface area contributed by atoms with E-state index in [0.717, 1.165) is 22.9 Å². The summed E-state index contributed by atoms with van der Waals surface area (Å²) in [6.45, 7) is 3.87. The minimum absolute atomic E-state index is 0.0387. The summed E-state index contributed by atoms with van der Waals surface area (Å²) in [6, 6.07) is 9.78. The van der Waals surface area contributed by atoms with Gasteiger partial charge in [-0.05, 0) is 37.6 Å². The number of hydrogen-bond acceptors (Lipinski definition) is 6. The monoisotopic (exact) mass is 371 g/mol. The summed E-state index contributed by atoms with van der Waals surface area (Å²) in [6.07, 6.45) is 0. The predicted molar refractivity (Wildman–Crippen MR) is 103 cm³/mol. The van der Waals surface area contributed by atoms with E-state index < -0.39 is 16.7 Å². The van der Waals surface area contributed by atoms with Gasteiger partial charge in [0.2, 0.25) is 0 Å². The predicted octanol–water partition coefficient (Wildman–Crippen LogP) is 2.13. The molecule has 0 radical (unpaired) electrons. The van der Waals surface area contributed by atoms with E-state index >= 15 is 0 Å². The number of hydrazine groups is 1. The van der Waals surface area contributed by atoms with Gasteiger partial charge in [0.1, 0.15) is 5.69 Å². The maximum atomic E-state index is 12.1. The summed E-state index contributed by atoms with van der Waals surface area (Å²) >= 11 is 0. The van der Waals surface area contributed by atoms with Crippen LogP contribution in [-0.4, -0.2) is 30.3 Å². The molecule has 9 nitrogen and oxygen atoms in total. The van der Waals surface area contributed by atoms with Crippen LogP contribution in [0.25, 0.3) is 0 Å². The standard InChI is InChI=1S/C18H21N5O4/c1-11-4-6-14(12(2)8-11)20-10-17(24)21-22-18(25)13-5-7-15(19-3)16(9-13)23(26)27/h4-9,19-20H,10H2,1-3H3,(H,21,24)(H,22,25). The second kappa shape index (κ2) is 8.65. The molecule has 0 aliphatic heterocycles. The van der Waals surface area contributed by atoms with Gasteiger partial charge in [0, 0.05) is 24.4 Å². The fourth-order valence-corrected chi connectivity index (χ4v) is 2.47. The number of nitrogens with one attached hydrogen (secondary N) is 4. The third kappa shape index (κ3) is 5.18. The molecule has 4 N–H and O–H groups in total. The lowest BCUT2D eigenvalue weighted by Gasteiger charge is -2.11. The average molecular weight is 371 g/mol. The molecular weight excluding hydrogens is 350 g/mol. The number of benzene rings is 2. The van der Waals surface area contributed by atoms with E-state index in [4.69, 9.17) is 0 Å². The van der Waals surface area contributed by atoms with Gasteiger partial charge in [-0.2, -0.15) is 0 Å². The van der Waals surface area contributed by atoms with Crippen molar-refractivity contribution in [1.82, 2.24) is 10.9 Å². The lowest BCUT2D eigenvalue weighted by atomic mass is 10.1. The molecule has 2 aromatic rings. The molecule has 27 heavy (non-hydrogen) atoms. The highest BCUT2D eigenvalue weighted by molar-refractivity contribution is 5.97. The Balaban J connectivity index is 1.92. The number of nitro groups is 1. The SMILES string of the molecule is CNc1ccc(C(=O)NNC(=O)CNc2ccc(C)cc2C)cc1[N+](=O)[O-]. The van der Waals surface area contributed by atoms with Crippen LogP contribution in [-0.2, 0) is 4.79 Å². The van der Waals surface area contributed by atoms with Crippen molar-refractivity contribution in [3.8, 4) is 0 Å². The molecule has 2 aromatic carbocycles. The first-order valence-corrected chi connectivity index (χ1v) is 8.18. The molecule has 0 fully saturated rings. The Morgan fingerprint density at radius 1 is 1.04 bits per heavy atom. The molecule has 0 saturated heterocycles. The van der Waals surface area contributed by atoms with Crippen LogP contribution in [0.2, 0.25) is 0 Å². The fourth-order valence-electron chi connectivity index (χ4n) is 2.47. The highest BCUT2D eigenvalue weighted by atomic mass is 16.6. The van der Waals surface area contributed by atoms with Crippen LogP contribution < -0.4 is 21.5 Å². The highest BCUT2D eigenvalue weighted by Gasteiger charge is 2.17. The van der Waals surface area contributed by atoms with Gasteiger partial charge in [-0.1, -0.05) is 17.7 Å². The van der Waals surface area contributed by atoms with Crippen molar-refractivity contribution in [3.05, 3.63) is 63.2 Å². The topological polar surface area (TPSA) is 125 Å². The maximum absolute atomic E-state index is 12.1. The van der Waals surface area contributed by atoms with Crippen molar-refractivity contribution in [2.75, 3.05) is 24.2 Å². The minimum atomic E-state index is -0.652. The molecule has 0 aliphatic carbocycles. The summed E-state index contributed by atoms with van der Waals surface area (Å²) in [5.74, 6) is -1.11. The van der Waals surface area contributed by atoms with E-state index in [1.54, 1.807) is 7.05 Å². The molecule has 142 valence electrons.